The van der Waals surface area contributed by atoms with Crippen molar-refractivity contribution < 1.29 is 4.79 Å². The van der Waals surface area contributed by atoms with Gasteiger partial charge in [-0.1, -0.05) is 19.9 Å². The first kappa shape index (κ1) is 15.1. The predicted molar refractivity (Wildman–Crippen MR) is 68.0 cm³/mol. The van der Waals surface area contributed by atoms with Gasteiger partial charge in [0.1, 0.15) is 0 Å². The van der Waals surface area contributed by atoms with Crippen molar-refractivity contribution in [3.8, 4) is 0 Å². The van der Waals surface area contributed by atoms with Gasteiger partial charge in [0, 0.05) is 39.1 Å². The van der Waals surface area contributed by atoms with Crippen LogP contribution in [0, 0.1) is 0 Å². The van der Waals surface area contributed by atoms with E-state index >= 15 is 0 Å². The van der Waals surface area contributed by atoms with Crippen LogP contribution in [0.25, 0.3) is 0 Å². The van der Waals surface area contributed by atoms with Gasteiger partial charge in [0.15, 0.2) is 0 Å². The molecule has 0 heterocycles. The van der Waals surface area contributed by atoms with E-state index < -0.39 is 0 Å². The molecule has 0 unspecified atom stereocenters. The fraction of sp³-hybridized carbons (Fsp3) is 0.750. The molecule has 0 aliphatic heterocycles. The maximum absolute atomic E-state index is 11.9. The van der Waals surface area contributed by atoms with Gasteiger partial charge in [-0.25, -0.2) is 5.01 Å². The smallest absolute Gasteiger partial charge is 0.238 e. The van der Waals surface area contributed by atoms with Gasteiger partial charge < -0.3 is 5.32 Å². The Bertz CT molecular complexity index is 202. The van der Waals surface area contributed by atoms with E-state index in [0.717, 1.165) is 26.2 Å². The minimum atomic E-state index is 0.183. The van der Waals surface area contributed by atoms with Gasteiger partial charge in [0.05, 0.1) is 0 Å². The molecule has 1 N–H and O–H groups in total. The third-order valence-electron chi connectivity index (χ3n) is 2.46. The van der Waals surface area contributed by atoms with Crippen LogP contribution < -0.4 is 5.32 Å². The lowest BCUT2D eigenvalue weighted by Crippen LogP contribution is -2.46. The number of hydrazine groups is 1. The van der Waals surface area contributed by atoms with Gasteiger partial charge >= 0.3 is 0 Å². The average Bonchev–Trinajstić information content (AvgIpc) is 2.31. The molecule has 16 heavy (non-hydrogen) atoms. The quantitative estimate of drug-likeness (QED) is 0.366. The summed E-state index contributed by atoms with van der Waals surface area (Å²) in [5.41, 5.74) is 0. The Morgan fingerprint density at radius 2 is 1.88 bits per heavy atom. The van der Waals surface area contributed by atoms with E-state index in [-0.39, 0.29) is 5.91 Å². The molecule has 0 fully saturated rings. The van der Waals surface area contributed by atoms with Crippen LogP contribution in [-0.2, 0) is 4.79 Å². The lowest BCUT2D eigenvalue weighted by Gasteiger charge is -2.32. The Morgan fingerprint density at radius 1 is 1.25 bits per heavy atom. The molecule has 4 heteroatoms. The molecule has 4 nitrogen and oxygen atoms in total. The molecular weight excluding hydrogens is 202 g/mol. The van der Waals surface area contributed by atoms with Crippen LogP contribution in [0.3, 0.4) is 0 Å². The van der Waals surface area contributed by atoms with E-state index in [4.69, 9.17) is 0 Å². The Labute approximate surface area is 99.3 Å². The summed E-state index contributed by atoms with van der Waals surface area (Å²) in [6.07, 6.45) is 2.34. The number of carbonyl (C=O) groups is 1. The normalized spacial score (nSPS) is 10.5. The van der Waals surface area contributed by atoms with Crippen molar-refractivity contribution in [2.45, 2.75) is 27.2 Å². The Morgan fingerprint density at radius 3 is 2.31 bits per heavy atom. The molecule has 0 spiro atoms. The van der Waals surface area contributed by atoms with Crippen LogP contribution >= 0.6 is 0 Å². The number of rotatable bonds is 9. The second-order valence-corrected chi connectivity index (χ2v) is 3.49. The summed E-state index contributed by atoms with van der Waals surface area (Å²) in [7, 11) is 0. The van der Waals surface area contributed by atoms with Crippen molar-refractivity contribution in [1.82, 2.24) is 15.3 Å². The Kier molecular flexibility index (Phi) is 8.85. The third-order valence-corrected chi connectivity index (χ3v) is 2.46. The Hall–Kier alpha value is -0.870. The largest absolute Gasteiger partial charge is 0.313 e. The molecule has 0 radical (unpaired) electrons. The summed E-state index contributed by atoms with van der Waals surface area (Å²) in [6, 6.07) is 0. The molecular formula is C12H25N3O. The summed E-state index contributed by atoms with van der Waals surface area (Å²) in [5.74, 6) is 0.183. The van der Waals surface area contributed by atoms with Gasteiger partial charge in [-0.15, -0.1) is 6.58 Å². The summed E-state index contributed by atoms with van der Waals surface area (Å²) in [4.78, 5) is 11.9. The van der Waals surface area contributed by atoms with Crippen molar-refractivity contribution in [3.05, 3.63) is 12.7 Å². The van der Waals surface area contributed by atoms with Gasteiger partial charge in [-0.2, -0.15) is 0 Å². The first-order valence-corrected chi connectivity index (χ1v) is 6.07. The second kappa shape index (κ2) is 9.36. The average molecular weight is 227 g/mol. The van der Waals surface area contributed by atoms with Crippen LogP contribution in [0.15, 0.2) is 12.7 Å². The lowest BCUT2D eigenvalue weighted by molar-refractivity contribution is -0.147. The molecule has 0 aliphatic rings. The number of carbonyl (C=O) groups excluding carboxylic acids is 1. The SMILES string of the molecule is C=CCNCCC(=O)N(CC)N(CC)CC. The Balaban J connectivity index is 4.04. The van der Waals surface area contributed by atoms with Crippen LogP contribution in [0.4, 0.5) is 0 Å². The molecule has 0 aromatic rings. The minimum Gasteiger partial charge on any atom is -0.313 e. The summed E-state index contributed by atoms with van der Waals surface area (Å²) < 4.78 is 0. The zero-order valence-corrected chi connectivity index (χ0v) is 10.8. The first-order chi connectivity index (χ1) is 7.71. The van der Waals surface area contributed by atoms with Crippen LogP contribution in [-0.4, -0.2) is 48.6 Å². The number of amides is 1. The number of hydrogen-bond acceptors (Lipinski definition) is 3. The van der Waals surface area contributed by atoms with E-state index in [1.54, 1.807) is 6.08 Å². The van der Waals surface area contributed by atoms with E-state index in [1.807, 2.05) is 11.9 Å². The number of nitrogens with one attached hydrogen (secondary N) is 1. The van der Waals surface area contributed by atoms with Crippen LogP contribution in [0.1, 0.15) is 27.2 Å². The molecule has 1 amide bonds. The minimum absolute atomic E-state index is 0.183. The van der Waals surface area contributed by atoms with E-state index in [1.165, 1.54) is 0 Å². The molecule has 94 valence electrons. The fourth-order valence-electron chi connectivity index (χ4n) is 1.63. The van der Waals surface area contributed by atoms with E-state index in [9.17, 15) is 4.79 Å². The third kappa shape index (κ3) is 5.28. The van der Waals surface area contributed by atoms with E-state index in [2.05, 4.69) is 30.8 Å². The molecule has 0 bridgehead atoms. The second-order valence-electron chi connectivity index (χ2n) is 3.49. The summed E-state index contributed by atoms with van der Waals surface area (Å²) >= 11 is 0. The maximum atomic E-state index is 11.9. The highest BCUT2D eigenvalue weighted by Crippen LogP contribution is 2.00. The lowest BCUT2D eigenvalue weighted by atomic mass is 10.3. The van der Waals surface area contributed by atoms with Crippen molar-refractivity contribution in [1.29, 1.82) is 0 Å². The van der Waals surface area contributed by atoms with Gasteiger partial charge in [-0.3, -0.25) is 9.80 Å². The number of hydrogen-bond donors (Lipinski definition) is 1. The highest BCUT2D eigenvalue weighted by molar-refractivity contribution is 5.75. The zero-order chi connectivity index (χ0) is 12.4. The molecule has 0 rings (SSSR count). The molecule has 0 saturated heterocycles. The zero-order valence-electron chi connectivity index (χ0n) is 10.8. The highest BCUT2D eigenvalue weighted by atomic mass is 16.2. The van der Waals surface area contributed by atoms with Crippen molar-refractivity contribution in [2.24, 2.45) is 0 Å². The predicted octanol–water partition coefficient (Wildman–Crippen LogP) is 1.26. The fourth-order valence-corrected chi connectivity index (χ4v) is 1.63. The van der Waals surface area contributed by atoms with Crippen molar-refractivity contribution in [2.75, 3.05) is 32.7 Å². The molecule has 0 aromatic heterocycles. The van der Waals surface area contributed by atoms with Gasteiger partial charge in [0.2, 0.25) is 5.91 Å². The van der Waals surface area contributed by atoms with Crippen molar-refractivity contribution in [3.63, 3.8) is 0 Å². The molecule has 0 saturated carbocycles. The van der Waals surface area contributed by atoms with Crippen LogP contribution in [0.2, 0.25) is 0 Å². The number of nitrogens with zero attached hydrogens (tertiary/aromatic N) is 2. The highest BCUT2D eigenvalue weighted by Gasteiger charge is 2.16. The summed E-state index contributed by atoms with van der Waals surface area (Å²) in [6.45, 7) is 13.7. The summed E-state index contributed by atoms with van der Waals surface area (Å²) in [5, 5.41) is 7.03. The first-order valence-electron chi connectivity index (χ1n) is 6.07. The van der Waals surface area contributed by atoms with Crippen molar-refractivity contribution >= 4 is 5.91 Å². The topological polar surface area (TPSA) is 35.6 Å². The molecule has 0 aromatic carbocycles. The maximum Gasteiger partial charge on any atom is 0.238 e. The van der Waals surface area contributed by atoms with Crippen LogP contribution in [0.5, 0.6) is 0 Å². The standard InChI is InChI=1S/C12H25N3O/c1-5-10-13-11-9-12(16)15(8-4)14(6-2)7-3/h5,13H,1,6-11H2,2-4H3. The monoisotopic (exact) mass is 227 g/mol. The van der Waals surface area contributed by atoms with E-state index in [0.29, 0.717) is 13.0 Å². The molecule has 0 aliphatic carbocycles. The van der Waals surface area contributed by atoms with Gasteiger partial charge in [0.25, 0.3) is 0 Å². The van der Waals surface area contributed by atoms with Gasteiger partial charge in [-0.05, 0) is 6.92 Å². The molecule has 0 atom stereocenters.